The van der Waals surface area contributed by atoms with Crippen LogP contribution in [0.5, 0.6) is 0 Å². The van der Waals surface area contributed by atoms with E-state index in [0.717, 1.165) is 35.2 Å². The first-order valence-corrected chi connectivity index (χ1v) is 9.11. The van der Waals surface area contributed by atoms with Crippen molar-refractivity contribution in [3.63, 3.8) is 0 Å². The molecule has 1 atom stereocenters. The third-order valence-electron chi connectivity index (χ3n) is 4.44. The number of rotatable bonds is 5. The number of para-hydroxylation sites is 1. The maximum atomic E-state index is 11.9. The monoisotopic (exact) mass is 370 g/mol. The molecule has 1 unspecified atom stereocenters. The molecule has 3 N–H and O–H groups in total. The summed E-state index contributed by atoms with van der Waals surface area (Å²) in [7, 11) is 1.75. The van der Waals surface area contributed by atoms with Crippen LogP contribution in [0.1, 0.15) is 23.5 Å². The van der Waals surface area contributed by atoms with Crippen LogP contribution in [-0.4, -0.2) is 32.0 Å². The van der Waals surface area contributed by atoms with Crippen LogP contribution in [0.4, 0.5) is 5.69 Å². The van der Waals surface area contributed by atoms with Crippen molar-refractivity contribution in [2.24, 2.45) is 4.99 Å². The summed E-state index contributed by atoms with van der Waals surface area (Å²) >= 11 is 6.01. The van der Waals surface area contributed by atoms with Gasteiger partial charge in [0.2, 0.25) is 5.91 Å². The van der Waals surface area contributed by atoms with E-state index in [0.29, 0.717) is 13.0 Å². The van der Waals surface area contributed by atoms with E-state index in [2.05, 4.69) is 33.1 Å². The van der Waals surface area contributed by atoms with Crippen molar-refractivity contribution in [2.45, 2.75) is 18.8 Å². The Balaban J connectivity index is 1.52. The third-order valence-corrected chi connectivity index (χ3v) is 4.68. The highest BCUT2D eigenvalue weighted by atomic mass is 35.5. The summed E-state index contributed by atoms with van der Waals surface area (Å²) in [4.78, 5) is 16.2. The Kier molecular flexibility index (Phi) is 6.12. The van der Waals surface area contributed by atoms with Crippen LogP contribution in [0.3, 0.4) is 0 Å². The van der Waals surface area contributed by atoms with E-state index in [1.54, 1.807) is 7.05 Å². The van der Waals surface area contributed by atoms with Gasteiger partial charge >= 0.3 is 0 Å². The molecule has 1 aliphatic rings. The number of aliphatic imine (C=N–C) groups is 1. The number of amides is 1. The van der Waals surface area contributed by atoms with Crippen LogP contribution in [0.15, 0.2) is 53.5 Å². The van der Waals surface area contributed by atoms with E-state index in [-0.39, 0.29) is 11.8 Å². The summed E-state index contributed by atoms with van der Waals surface area (Å²) in [6.07, 6.45) is 1.33. The van der Waals surface area contributed by atoms with E-state index >= 15 is 0 Å². The smallest absolute Gasteiger partial charge is 0.225 e. The zero-order valence-electron chi connectivity index (χ0n) is 14.8. The molecular weight excluding hydrogens is 348 g/mol. The van der Waals surface area contributed by atoms with Crippen LogP contribution < -0.4 is 16.0 Å². The molecule has 0 saturated heterocycles. The van der Waals surface area contributed by atoms with Crippen LogP contribution in [0, 0.1) is 0 Å². The lowest BCUT2D eigenvalue weighted by Crippen LogP contribution is -2.41. The molecule has 0 aliphatic carbocycles. The van der Waals surface area contributed by atoms with Crippen LogP contribution in [0.25, 0.3) is 0 Å². The molecule has 0 aromatic heterocycles. The van der Waals surface area contributed by atoms with Crippen molar-refractivity contribution in [2.75, 3.05) is 25.5 Å². The highest BCUT2D eigenvalue weighted by molar-refractivity contribution is 6.30. The van der Waals surface area contributed by atoms with Crippen molar-refractivity contribution in [1.29, 1.82) is 0 Å². The first-order chi connectivity index (χ1) is 12.7. The van der Waals surface area contributed by atoms with Gasteiger partial charge in [0.25, 0.3) is 0 Å². The predicted molar refractivity (Wildman–Crippen MR) is 107 cm³/mol. The minimum absolute atomic E-state index is 0.0550. The number of carbonyl (C=O) groups is 1. The Morgan fingerprint density at radius 3 is 2.88 bits per heavy atom. The van der Waals surface area contributed by atoms with E-state index in [1.165, 1.54) is 5.56 Å². The summed E-state index contributed by atoms with van der Waals surface area (Å²) in [6.45, 7) is 1.41. The Morgan fingerprint density at radius 1 is 1.23 bits per heavy atom. The molecule has 3 rings (SSSR count). The molecule has 136 valence electrons. The first-order valence-electron chi connectivity index (χ1n) is 8.73. The van der Waals surface area contributed by atoms with Gasteiger partial charge < -0.3 is 16.0 Å². The third kappa shape index (κ3) is 4.76. The normalized spacial score (nSPS) is 16.6. The number of anilines is 1. The second-order valence-electron chi connectivity index (χ2n) is 6.30. The van der Waals surface area contributed by atoms with E-state index in [4.69, 9.17) is 11.6 Å². The van der Waals surface area contributed by atoms with Gasteiger partial charge in [-0.3, -0.25) is 9.79 Å². The lowest BCUT2D eigenvalue weighted by Gasteiger charge is -2.26. The lowest BCUT2D eigenvalue weighted by molar-refractivity contribution is -0.116. The van der Waals surface area contributed by atoms with Crippen molar-refractivity contribution >= 4 is 29.2 Å². The van der Waals surface area contributed by atoms with Crippen LogP contribution >= 0.6 is 11.6 Å². The maximum Gasteiger partial charge on any atom is 0.225 e. The molecule has 26 heavy (non-hydrogen) atoms. The maximum absolute atomic E-state index is 11.9. The molecule has 2 aromatic carbocycles. The fraction of sp³-hybridized carbons (Fsp3) is 0.300. The van der Waals surface area contributed by atoms with Gasteiger partial charge in [-0.1, -0.05) is 41.9 Å². The van der Waals surface area contributed by atoms with Gasteiger partial charge in [0, 0.05) is 43.2 Å². The van der Waals surface area contributed by atoms with Gasteiger partial charge in [0.05, 0.1) is 0 Å². The summed E-state index contributed by atoms with van der Waals surface area (Å²) < 4.78 is 0. The van der Waals surface area contributed by atoms with Crippen molar-refractivity contribution < 1.29 is 4.79 Å². The molecule has 0 bridgehead atoms. The minimum atomic E-state index is 0.0550. The van der Waals surface area contributed by atoms with E-state index in [1.807, 2.05) is 36.4 Å². The molecule has 1 heterocycles. The molecule has 2 aromatic rings. The topological polar surface area (TPSA) is 65.5 Å². The number of nitrogens with zero attached hydrogens (tertiary/aromatic N) is 1. The van der Waals surface area contributed by atoms with Crippen molar-refractivity contribution in [3.8, 4) is 0 Å². The lowest BCUT2D eigenvalue weighted by atomic mass is 9.90. The first kappa shape index (κ1) is 18.3. The van der Waals surface area contributed by atoms with Crippen molar-refractivity contribution in [1.82, 2.24) is 10.6 Å². The highest BCUT2D eigenvalue weighted by Crippen LogP contribution is 2.31. The Bertz CT molecular complexity index is 806. The number of guanidine groups is 1. The van der Waals surface area contributed by atoms with Crippen LogP contribution in [0.2, 0.25) is 5.02 Å². The highest BCUT2D eigenvalue weighted by Gasteiger charge is 2.24. The van der Waals surface area contributed by atoms with Crippen molar-refractivity contribution in [3.05, 3.63) is 64.7 Å². The SMILES string of the molecule is CN=C(NCCc1cccc(Cl)c1)NCC1CC(=O)Nc2ccccc21. The molecule has 6 heteroatoms. The average molecular weight is 371 g/mol. The Morgan fingerprint density at radius 2 is 2.08 bits per heavy atom. The van der Waals surface area contributed by atoms with Crippen LogP contribution in [-0.2, 0) is 11.2 Å². The number of fused-ring (bicyclic) bond motifs is 1. The van der Waals surface area contributed by atoms with Gasteiger partial charge in [-0.25, -0.2) is 0 Å². The zero-order valence-corrected chi connectivity index (χ0v) is 15.5. The van der Waals surface area contributed by atoms with E-state index in [9.17, 15) is 4.79 Å². The van der Waals surface area contributed by atoms with Gasteiger partial charge in [-0.15, -0.1) is 0 Å². The quantitative estimate of drug-likeness (QED) is 0.559. The largest absolute Gasteiger partial charge is 0.356 e. The minimum Gasteiger partial charge on any atom is -0.356 e. The zero-order chi connectivity index (χ0) is 18.4. The second-order valence-corrected chi connectivity index (χ2v) is 6.73. The molecule has 0 radical (unpaired) electrons. The van der Waals surface area contributed by atoms with Gasteiger partial charge in [-0.05, 0) is 35.7 Å². The van der Waals surface area contributed by atoms with Gasteiger partial charge in [0.1, 0.15) is 0 Å². The summed E-state index contributed by atoms with van der Waals surface area (Å²) in [5.74, 6) is 0.918. The fourth-order valence-electron chi connectivity index (χ4n) is 3.14. The standard InChI is InChI=1S/C20H23ClN4O/c1-22-20(23-10-9-14-5-4-6-16(21)11-14)24-13-15-12-19(26)25-18-8-3-2-7-17(15)18/h2-8,11,15H,9-10,12-13H2,1H3,(H,25,26)(H2,22,23,24). The number of halogens is 1. The summed E-state index contributed by atoms with van der Waals surface area (Å²) in [5.41, 5.74) is 3.24. The molecular formula is C20H23ClN4O. The van der Waals surface area contributed by atoms with Gasteiger partial charge in [0.15, 0.2) is 5.96 Å². The number of hydrogen-bond donors (Lipinski definition) is 3. The Hall–Kier alpha value is -2.53. The molecule has 0 spiro atoms. The molecule has 1 amide bonds. The number of carbonyl (C=O) groups excluding carboxylic acids is 1. The van der Waals surface area contributed by atoms with E-state index < -0.39 is 0 Å². The summed E-state index contributed by atoms with van der Waals surface area (Å²) in [5, 5.41) is 10.3. The predicted octanol–water partition coefficient (Wildman–Crippen LogP) is 3.17. The molecule has 0 fully saturated rings. The molecule has 5 nitrogen and oxygen atoms in total. The average Bonchev–Trinajstić information content (AvgIpc) is 2.64. The second kappa shape index (κ2) is 8.72. The Labute approximate surface area is 158 Å². The number of benzene rings is 2. The van der Waals surface area contributed by atoms with Gasteiger partial charge in [-0.2, -0.15) is 0 Å². The fourth-order valence-corrected chi connectivity index (χ4v) is 3.36. The number of nitrogens with one attached hydrogen (secondary N) is 3. The molecule has 0 saturated carbocycles. The summed E-state index contributed by atoms with van der Waals surface area (Å²) in [6, 6.07) is 15.8. The molecule has 1 aliphatic heterocycles. The number of hydrogen-bond acceptors (Lipinski definition) is 2.